The van der Waals surface area contributed by atoms with E-state index in [4.69, 9.17) is 10.4 Å². The summed E-state index contributed by atoms with van der Waals surface area (Å²) in [6.07, 6.45) is 0.912. The smallest absolute Gasteiger partial charge is 0.340 e. The van der Waals surface area contributed by atoms with Gasteiger partial charge in [0.15, 0.2) is 5.03 Å². The van der Waals surface area contributed by atoms with Crippen LogP contribution in [0, 0.1) is 18.3 Å². The zero-order chi connectivity index (χ0) is 15.6. The predicted molar refractivity (Wildman–Crippen MR) is 72.2 cm³/mol. The lowest BCUT2D eigenvalue weighted by Crippen LogP contribution is -2.17. The van der Waals surface area contributed by atoms with Crippen LogP contribution in [0.3, 0.4) is 0 Å². The van der Waals surface area contributed by atoms with Gasteiger partial charge in [0.05, 0.1) is 23.5 Å². The Bertz CT molecular complexity index is 848. The van der Waals surface area contributed by atoms with Crippen molar-refractivity contribution in [3.8, 4) is 6.07 Å². The first-order chi connectivity index (χ1) is 9.85. The van der Waals surface area contributed by atoms with E-state index in [-0.39, 0.29) is 11.3 Å². The SMILES string of the molecule is Cc1ccc(C#N)cc1NS(=O)(=O)c1[nH]ncc1C(=O)O. The third kappa shape index (κ3) is 2.85. The molecule has 0 aliphatic carbocycles. The van der Waals surface area contributed by atoms with Crippen LogP contribution in [0.2, 0.25) is 0 Å². The van der Waals surface area contributed by atoms with Crippen molar-refractivity contribution in [2.45, 2.75) is 11.9 Å². The molecule has 0 bridgehead atoms. The number of aromatic nitrogens is 2. The average molecular weight is 306 g/mol. The second-order valence-electron chi connectivity index (χ2n) is 4.16. The van der Waals surface area contributed by atoms with Crippen LogP contribution >= 0.6 is 0 Å². The van der Waals surface area contributed by atoms with E-state index >= 15 is 0 Å². The number of nitrogens with zero attached hydrogens (tertiary/aromatic N) is 2. The minimum atomic E-state index is -4.15. The number of nitriles is 1. The van der Waals surface area contributed by atoms with Crippen molar-refractivity contribution in [2.75, 3.05) is 4.72 Å². The molecule has 0 radical (unpaired) electrons. The first kappa shape index (κ1) is 14.5. The van der Waals surface area contributed by atoms with E-state index in [9.17, 15) is 13.2 Å². The number of H-pyrrole nitrogens is 1. The van der Waals surface area contributed by atoms with E-state index in [2.05, 4.69) is 14.9 Å². The van der Waals surface area contributed by atoms with E-state index in [1.165, 1.54) is 6.07 Å². The number of nitrogens with one attached hydrogen (secondary N) is 2. The number of carboxylic acids is 1. The summed E-state index contributed by atoms with van der Waals surface area (Å²) in [6, 6.07) is 6.39. The number of hydrogen-bond donors (Lipinski definition) is 3. The lowest BCUT2D eigenvalue weighted by Gasteiger charge is -2.10. The predicted octanol–water partition coefficient (Wildman–Crippen LogP) is 1.09. The summed E-state index contributed by atoms with van der Waals surface area (Å²) >= 11 is 0. The maximum Gasteiger partial charge on any atom is 0.340 e. The Hall–Kier alpha value is -2.86. The van der Waals surface area contributed by atoms with Gasteiger partial charge >= 0.3 is 5.97 Å². The van der Waals surface area contributed by atoms with E-state index in [1.807, 2.05) is 6.07 Å². The second kappa shape index (κ2) is 5.26. The summed E-state index contributed by atoms with van der Waals surface area (Å²) < 4.78 is 26.7. The molecule has 0 aliphatic rings. The number of hydrogen-bond acceptors (Lipinski definition) is 5. The van der Waals surface area contributed by atoms with Gasteiger partial charge in [0, 0.05) is 0 Å². The number of aryl methyl sites for hydroxylation is 1. The van der Waals surface area contributed by atoms with Crippen LogP contribution in [0.4, 0.5) is 5.69 Å². The standard InChI is InChI=1S/C12H10N4O4S/c1-7-2-3-8(5-13)4-10(7)16-21(19,20)11-9(12(17)18)6-14-15-11/h2-4,6,16H,1H3,(H,14,15)(H,17,18). The quantitative estimate of drug-likeness (QED) is 0.773. The molecular weight excluding hydrogens is 296 g/mol. The zero-order valence-corrected chi connectivity index (χ0v) is 11.6. The molecule has 0 unspecified atom stereocenters. The number of carbonyl (C=O) groups is 1. The summed E-state index contributed by atoms with van der Waals surface area (Å²) in [7, 11) is -4.15. The van der Waals surface area contributed by atoms with E-state index in [1.54, 1.807) is 19.1 Å². The van der Waals surface area contributed by atoms with Crippen LogP contribution in [0.25, 0.3) is 0 Å². The Labute approximate surface area is 120 Å². The molecule has 8 nitrogen and oxygen atoms in total. The van der Waals surface area contributed by atoms with Gasteiger partial charge in [0.2, 0.25) is 0 Å². The van der Waals surface area contributed by atoms with Crippen molar-refractivity contribution < 1.29 is 18.3 Å². The van der Waals surface area contributed by atoms with Gasteiger partial charge in [-0.2, -0.15) is 18.8 Å². The minimum absolute atomic E-state index is 0.194. The molecule has 3 N–H and O–H groups in total. The average Bonchev–Trinajstić information content (AvgIpc) is 2.91. The minimum Gasteiger partial charge on any atom is -0.478 e. The summed E-state index contributed by atoms with van der Waals surface area (Å²) in [6.45, 7) is 1.66. The third-order valence-electron chi connectivity index (χ3n) is 2.71. The van der Waals surface area contributed by atoms with E-state index in [0.29, 0.717) is 5.56 Å². The van der Waals surface area contributed by atoms with Crippen LogP contribution in [0.1, 0.15) is 21.5 Å². The van der Waals surface area contributed by atoms with Crippen LogP contribution in [0.5, 0.6) is 0 Å². The topological polar surface area (TPSA) is 136 Å². The van der Waals surface area contributed by atoms with Crippen LogP contribution in [-0.2, 0) is 10.0 Å². The first-order valence-electron chi connectivity index (χ1n) is 5.65. The molecule has 1 aromatic heterocycles. The number of benzene rings is 1. The molecule has 9 heteroatoms. The summed E-state index contributed by atoms with van der Waals surface area (Å²) in [4.78, 5) is 11.0. The van der Waals surface area contributed by atoms with Gasteiger partial charge in [-0.1, -0.05) is 6.07 Å². The molecule has 1 heterocycles. The molecule has 21 heavy (non-hydrogen) atoms. The Kier molecular flexibility index (Phi) is 3.64. The third-order valence-corrected chi connectivity index (χ3v) is 4.05. The summed E-state index contributed by atoms with van der Waals surface area (Å²) in [5.74, 6) is -1.41. The summed E-state index contributed by atoms with van der Waals surface area (Å²) in [5, 5.41) is 22.8. The Balaban J connectivity index is 2.45. The molecule has 0 spiro atoms. The Morgan fingerprint density at radius 1 is 1.48 bits per heavy atom. The molecular formula is C12H10N4O4S. The molecule has 108 valence electrons. The van der Waals surface area contributed by atoms with Crippen molar-refractivity contribution in [1.82, 2.24) is 10.2 Å². The highest BCUT2D eigenvalue weighted by Gasteiger charge is 2.25. The highest BCUT2D eigenvalue weighted by Crippen LogP contribution is 2.21. The van der Waals surface area contributed by atoms with E-state index < -0.39 is 26.6 Å². The number of anilines is 1. The van der Waals surface area contributed by atoms with E-state index in [0.717, 1.165) is 6.20 Å². The van der Waals surface area contributed by atoms with Crippen LogP contribution in [0.15, 0.2) is 29.4 Å². The van der Waals surface area contributed by atoms with Gasteiger partial charge in [-0.05, 0) is 24.6 Å². The normalized spacial score (nSPS) is 10.9. The van der Waals surface area contributed by atoms with Gasteiger partial charge in [0.1, 0.15) is 5.56 Å². The van der Waals surface area contributed by atoms with Crippen molar-refractivity contribution in [3.63, 3.8) is 0 Å². The molecule has 0 saturated heterocycles. The Morgan fingerprint density at radius 2 is 2.19 bits per heavy atom. The molecule has 0 saturated carbocycles. The van der Waals surface area contributed by atoms with Gasteiger partial charge in [-0.3, -0.25) is 9.82 Å². The van der Waals surface area contributed by atoms with Gasteiger partial charge < -0.3 is 5.11 Å². The molecule has 0 aliphatic heterocycles. The van der Waals surface area contributed by atoms with Crippen molar-refractivity contribution in [3.05, 3.63) is 41.1 Å². The highest BCUT2D eigenvalue weighted by atomic mass is 32.2. The van der Waals surface area contributed by atoms with Gasteiger partial charge in [-0.25, -0.2) is 4.79 Å². The molecule has 2 aromatic rings. The monoisotopic (exact) mass is 306 g/mol. The largest absolute Gasteiger partial charge is 0.478 e. The maximum atomic E-state index is 12.2. The lowest BCUT2D eigenvalue weighted by molar-refractivity contribution is 0.0692. The maximum absolute atomic E-state index is 12.2. The number of aromatic carboxylic acids is 1. The number of aromatic amines is 1. The lowest BCUT2D eigenvalue weighted by atomic mass is 10.1. The number of rotatable bonds is 4. The fraction of sp³-hybridized carbons (Fsp3) is 0.0833. The second-order valence-corrected chi connectivity index (χ2v) is 5.78. The Morgan fingerprint density at radius 3 is 2.81 bits per heavy atom. The summed E-state index contributed by atoms with van der Waals surface area (Å²) in [5.41, 5.74) is 0.604. The highest BCUT2D eigenvalue weighted by molar-refractivity contribution is 7.92. The number of carboxylic acid groups (broad SMARTS) is 1. The number of sulfonamides is 1. The molecule has 0 fully saturated rings. The molecule has 0 amide bonds. The fourth-order valence-electron chi connectivity index (χ4n) is 1.63. The van der Waals surface area contributed by atoms with Gasteiger partial charge in [-0.15, -0.1) is 0 Å². The first-order valence-corrected chi connectivity index (χ1v) is 7.13. The zero-order valence-electron chi connectivity index (χ0n) is 10.8. The van der Waals surface area contributed by atoms with Crippen LogP contribution < -0.4 is 4.72 Å². The van der Waals surface area contributed by atoms with Crippen molar-refractivity contribution in [1.29, 1.82) is 5.26 Å². The fourth-order valence-corrected chi connectivity index (χ4v) is 2.84. The van der Waals surface area contributed by atoms with Crippen molar-refractivity contribution in [2.24, 2.45) is 0 Å². The van der Waals surface area contributed by atoms with Gasteiger partial charge in [0.25, 0.3) is 10.0 Å². The molecule has 2 rings (SSSR count). The van der Waals surface area contributed by atoms with Crippen molar-refractivity contribution >= 4 is 21.7 Å². The molecule has 0 atom stereocenters. The van der Waals surface area contributed by atoms with Crippen LogP contribution in [-0.4, -0.2) is 29.7 Å². The molecule has 1 aromatic carbocycles.